The first-order valence-corrected chi connectivity index (χ1v) is 6.53. The van der Waals surface area contributed by atoms with Gasteiger partial charge in [-0.15, -0.1) is 0 Å². The quantitative estimate of drug-likeness (QED) is 0.757. The molecule has 0 aromatic rings. The van der Waals surface area contributed by atoms with Crippen LogP contribution in [0.4, 0.5) is 0 Å². The van der Waals surface area contributed by atoms with Crippen molar-refractivity contribution in [1.29, 1.82) is 0 Å². The molecule has 0 radical (unpaired) electrons. The van der Waals surface area contributed by atoms with Crippen LogP contribution in [0.15, 0.2) is 0 Å². The Labute approximate surface area is 91.7 Å². The minimum atomic E-state index is -3.50. The molecular formula is C9H20N2O3S. The molecule has 1 amide bonds. The maximum Gasteiger partial charge on any atom is 0.252 e. The Balaban J connectivity index is 4.61. The van der Waals surface area contributed by atoms with Crippen molar-refractivity contribution < 1.29 is 13.2 Å². The molecule has 90 valence electrons. The van der Waals surface area contributed by atoms with Crippen molar-refractivity contribution in [2.75, 3.05) is 13.3 Å². The van der Waals surface area contributed by atoms with Crippen molar-refractivity contribution in [2.24, 2.45) is 11.1 Å². The number of rotatable bonds is 3. The van der Waals surface area contributed by atoms with Gasteiger partial charge >= 0.3 is 0 Å². The van der Waals surface area contributed by atoms with Gasteiger partial charge in [0, 0.05) is 7.05 Å². The minimum absolute atomic E-state index is 0.104. The lowest BCUT2D eigenvalue weighted by atomic mass is 9.88. The molecule has 0 aliphatic heterocycles. The number of likely N-dealkylation sites (N-methyl/N-ethyl adjacent to an activating group) is 1. The lowest BCUT2D eigenvalue weighted by molar-refractivity contribution is -0.127. The summed E-state index contributed by atoms with van der Waals surface area (Å²) in [5, 5.41) is 0. The molecule has 0 bridgehead atoms. The van der Waals surface area contributed by atoms with Crippen LogP contribution in [0.1, 0.15) is 27.2 Å². The standard InChI is InChI=1S/C9H20N2O3S/c1-9(2,3)6-7(10)8(12)11(4)15(5,13)14/h7H,6,10H2,1-5H3/t7-/m0/s1. The fourth-order valence-corrected chi connectivity index (χ4v) is 1.61. The van der Waals surface area contributed by atoms with E-state index in [1.165, 1.54) is 7.05 Å². The van der Waals surface area contributed by atoms with Crippen molar-refractivity contribution in [2.45, 2.75) is 33.2 Å². The monoisotopic (exact) mass is 236 g/mol. The molecule has 0 aromatic carbocycles. The second kappa shape index (κ2) is 4.49. The smallest absolute Gasteiger partial charge is 0.252 e. The third kappa shape index (κ3) is 5.13. The number of sulfonamides is 1. The van der Waals surface area contributed by atoms with Gasteiger partial charge in [0.2, 0.25) is 10.0 Å². The Bertz CT molecular complexity index is 330. The number of hydrogen-bond acceptors (Lipinski definition) is 4. The van der Waals surface area contributed by atoms with Crippen LogP contribution in [0.3, 0.4) is 0 Å². The van der Waals surface area contributed by atoms with Crippen LogP contribution >= 0.6 is 0 Å². The molecule has 0 aliphatic rings. The van der Waals surface area contributed by atoms with Crippen molar-refractivity contribution in [3.8, 4) is 0 Å². The molecule has 2 N–H and O–H groups in total. The maximum absolute atomic E-state index is 11.6. The highest BCUT2D eigenvalue weighted by Gasteiger charge is 2.27. The highest BCUT2D eigenvalue weighted by molar-refractivity contribution is 7.88. The van der Waals surface area contributed by atoms with Crippen LogP contribution in [0.2, 0.25) is 0 Å². The van der Waals surface area contributed by atoms with Gasteiger partial charge in [-0.25, -0.2) is 12.7 Å². The Morgan fingerprint density at radius 1 is 1.40 bits per heavy atom. The van der Waals surface area contributed by atoms with E-state index in [4.69, 9.17) is 5.73 Å². The maximum atomic E-state index is 11.6. The normalized spacial score (nSPS) is 14.8. The average molecular weight is 236 g/mol. The van der Waals surface area contributed by atoms with Gasteiger partial charge in [-0.05, 0) is 11.8 Å². The van der Waals surface area contributed by atoms with Crippen molar-refractivity contribution >= 4 is 15.9 Å². The lowest BCUT2D eigenvalue weighted by Crippen LogP contribution is -2.45. The third-order valence-electron chi connectivity index (χ3n) is 1.96. The van der Waals surface area contributed by atoms with Crippen LogP contribution in [-0.4, -0.2) is 38.0 Å². The van der Waals surface area contributed by atoms with E-state index in [1.807, 2.05) is 20.8 Å². The molecule has 0 aromatic heterocycles. The van der Waals surface area contributed by atoms with Gasteiger partial charge in [0.15, 0.2) is 0 Å². The molecular weight excluding hydrogens is 216 g/mol. The molecule has 0 saturated heterocycles. The zero-order valence-electron chi connectivity index (χ0n) is 9.94. The minimum Gasteiger partial charge on any atom is -0.320 e. The molecule has 15 heavy (non-hydrogen) atoms. The van der Waals surface area contributed by atoms with Gasteiger partial charge < -0.3 is 5.73 Å². The summed E-state index contributed by atoms with van der Waals surface area (Å²) in [5.41, 5.74) is 5.54. The summed E-state index contributed by atoms with van der Waals surface area (Å²) in [6.45, 7) is 5.84. The van der Waals surface area contributed by atoms with Crippen molar-refractivity contribution in [3.05, 3.63) is 0 Å². The summed E-state index contributed by atoms with van der Waals surface area (Å²) < 4.78 is 22.9. The molecule has 0 aliphatic carbocycles. The Kier molecular flexibility index (Phi) is 4.30. The molecule has 1 atom stereocenters. The van der Waals surface area contributed by atoms with Crippen LogP contribution < -0.4 is 5.73 Å². The molecule has 0 unspecified atom stereocenters. The van der Waals surface area contributed by atoms with E-state index < -0.39 is 22.0 Å². The molecule has 0 fully saturated rings. The number of amides is 1. The summed E-state index contributed by atoms with van der Waals surface area (Å²) in [6.07, 6.45) is 1.43. The summed E-state index contributed by atoms with van der Waals surface area (Å²) in [7, 11) is -2.28. The second-order valence-corrected chi connectivity index (χ2v) is 6.95. The summed E-state index contributed by atoms with van der Waals surface area (Å²) in [6, 6.07) is -0.773. The van der Waals surface area contributed by atoms with Crippen LogP contribution in [0.5, 0.6) is 0 Å². The summed E-state index contributed by atoms with van der Waals surface area (Å²) in [4.78, 5) is 11.6. The van der Waals surface area contributed by atoms with E-state index in [9.17, 15) is 13.2 Å². The molecule has 6 heteroatoms. The second-order valence-electron chi connectivity index (χ2n) is 4.94. The summed E-state index contributed by atoms with van der Waals surface area (Å²) >= 11 is 0. The van der Waals surface area contributed by atoms with Gasteiger partial charge in [-0.2, -0.15) is 0 Å². The number of carbonyl (C=O) groups is 1. The fraction of sp³-hybridized carbons (Fsp3) is 0.889. The average Bonchev–Trinajstić information content (AvgIpc) is 1.96. The van der Waals surface area contributed by atoms with E-state index >= 15 is 0 Å². The van der Waals surface area contributed by atoms with Crippen LogP contribution in [0, 0.1) is 5.41 Å². The topological polar surface area (TPSA) is 80.5 Å². The molecule has 0 saturated carbocycles. The van der Waals surface area contributed by atoms with Gasteiger partial charge in [-0.3, -0.25) is 4.79 Å². The van der Waals surface area contributed by atoms with E-state index in [2.05, 4.69) is 0 Å². The predicted octanol–water partition coefficient (Wildman–Crippen LogP) is 0.168. The van der Waals surface area contributed by atoms with E-state index in [0.717, 1.165) is 6.26 Å². The lowest BCUT2D eigenvalue weighted by Gasteiger charge is -2.25. The summed E-state index contributed by atoms with van der Waals surface area (Å²) in [5.74, 6) is -0.563. The van der Waals surface area contributed by atoms with Gasteiger partial charge in [0.25, 0.3) is 5.91 Å². The first-order valence-electron chi connectivity index (χ1n) is 4.68. The molecule has 0 spiro atoms. The number of hydrogen-bond donors (Lipinski definition) is 1. The van der Waals surface area contributed by atoms with Gasteiger partial charge in [0.05, 0.1) is 12.3 Å². The number of nitrogens with zero attached hydrogens (tertiary/aromatic N) is 1. The zero-order chi connectivity index (χ0) is 12.4. The highest BCUT2D eigenvalue weighted by Crippen LogP contribution is 2.20. The van der Waals surface area contributed by atoms with Crippen molar-refractivity contribution in [1.82, 2.24) is 4.31 Å². The number of nitrogens with two attached hydrogens (primary N) is 1. The fourth-order valence-electron chi connectivity index (χ4n) is 1.14. The van der Waals surface area contributed by atoms with E-state index in [-0.39, 0.29) is 5.41 Å². The molecule has 0 rings (SSSR count). The first-order chi connectivity index (χ1) is 6.45. The highest BCUT2D eigenvalue weighted by atomic mass is 32.2. The zero-order valence-corrected chi connectivity index (χ0v) is 10.8. The first kappa shape index (κ1) is 14.4. The Morgan fingerprint density at radius 2 is 1.80 bits per heavy atom. The molecule has 0 heterocycles. The van der Waals surface area contributed by atoms with Gasteiger partial charge in [0.1, 0.15) is 0 Å². The SMILES string of the molecule is CN(C(=O)[C@@H](N)CC(C)(C)C)S(C)(=O)=O. The number of carbonyl (C=O) groups excluding carboxylic acids is 1. The van der Waals surface area contributed by atoms with Crippen LogP contribution in [-0.2, 0) is 14.8 Å². The predicted molar refractivity (Wildman–Crippen MR) is 59.7 cm³/mol. The van der Waals surface area contributed by atoms with Crippen LogP contribution in [0.25, 0.3) is 0 Å². The molecule has 5 nitrogen and oxygen atoms in total. The Hall–Kier alpha value is -0.620. The van der Waals surface area contributed by atoms with Crippen molar-refractivity contribution in [3.63, 3.8) is 0 Å². The van der Waals surface area contributed by atoms with E-state index in [1.54, 1.807) is 0 Å². The third-order valence-corrected chi connectivity index (χ3v) is 3.13. The Morgan fingerprint density at radius 3 is 2.07 bits per heavy atom. The van der Waals surface area contributed by atoms with Gasteiger partial charge in [-0.1, -0.05) is 20.8 Å². The van der Waals surface area contributed by atoms with E-state index in [0.29, 0.717) is 10.7 Å². The largest absolute Gasteiger partial charge is 0.320 e.